The number of benzene rings is 3. The van der Waals surface area contributed by atoms with Gasteiger partial charge in [0.25, 0.3) is 5.91 Å². The van der Waals surface area contributed by atoms with Gasteiger partial charge in [0, 0.05) is 5.56 Å². The average Bonchev–Trinajstić information content (AvgIpc) is 3.13. The van der Waals surface area contributed by atoms with Gasteiger partial charge in [0.1, 0.15) is 11.6 Å². The molecule has 1 atom stereocenters. The summed E-state index contributed by atoms with van der Waals surface area (Å²) in [6.45, 7) is 0. The first-order chi connectivity index (χ1) is 13.2. The van der Waals surface area contributed by atoms with Gasteiger partial charge in [-0.1, -0.05) is 42.5 Å². The molecule has 0 saturated carbocycles. The number of amides is 1. The molecule has 0 radical (unpaired) electrons. The van der Waals surface area contributed by atoms with E-state index >= 15 is 0 Å². The minimum absolute atomic E-state index is 0.267. The molecule has 27 heavy (non-hydrogen) atoms. The van der Waals surface area contributed by atoms with E-state index in [1.807, 2.05) is 54.6 Å². The molecule has 3 aromatic carbocycles. The summed E-state index contributed by atoms with van der Waals surface area (Å²) in [5, 5.41) is 3.02. The Morgan fingerprint density at radius 3 is 2.41 bits per heavy atom. The highest BCUT2D eigenvalue weighted by atomic mass is 19.1. The van der Waals surface area contributed by atoms with Crippen molar-refractivity contribution < 1.29 is 9.18 Å². The Morgan fingerprint density at radius 2 is 1.67 bits per heavy atom. The van der Waals surface area contributed by atoms with Gasteiger partial charge in [0.05, 0.1) is 17.1 Å². The lowest BCUT2D eigenvalue weighted by atomic mass is 10.0. The Balaban J connectivity index is 1.64. The van der Waals surface area contributed by atoms with Crippen molar-refractivity contribution in [1.29, 1.82) is 0 Å². The number of rotatable bonds is 5. The molecule has 1 aromatic heterocycles. The van der Waals surface area contributed by atoms with Gasteiger partial charge in [0.2, 0.25) is 0 Å². The third-order valence-electron chi connectivity index (χ3n) is 4.43. The van der Waals surface area contributed by atoms with Crippen molar-refractivity contribution in [1.82, 2.24) is 15.3 Å². The molecule has 0 saturated heterocycles. The van der Waals surface area contributed by atoms with Crippen molar-refractivity contribution in [3.63, 3.8) is 0 Å². The van der Waals surface area contributed by atoms with Crippen LogP contribution in [-0.4, -0.2) is 15.9 Å². The van der Waals surface area contributed by atoms with E-state index < -0.39 is 0 Å². The van der Waals surface area contributed by atoms with Crippen LogP contribution < -0.4 is 5.32 Å². The summed E-state index contributed by atoms with van der Waals surface area (Å²) in [6.07, 6.45) is 0.591. The van der Waals surface area contributed by atoms with Crippen LogP contribution in [0, 0.1) is 5.82 Å². The summed E-state index contributed by atoms with van der Waals surface area (Å²) < 4.78 is 13.1. The highest BCUT2D eigenvalue weighted by Crippen LogP contribution is 2.20. The number of carbonyl (C=O) groups is 1. The summed E-state index contributed by atoms with van der Waals surface area (Å²) in [4.78, 5) is 20.6. The zero-order valence-electron chi connectivity index (χ0n) is 14.5. The Kier molecular flexibility index (Phi) is 4.66. The summed E-state index contributed by atoms with van der Waals surface area (Å²) in [5.74, 6) is 0.0524. The quantitative estimate of drug-likeness (QED) is 0.554. The van der Waals surface area contributed by atoms with Crippen LogP contribution in [0.25, 0.3) is 11.0 Å². The normalized spacial score (nSPS) is 12.0. The van der Waals surface area contributed by atoms with E-state index in [1.165, 1.54) is 24.3 Å². The maximum atomic E-state index is 13.1. The Bertz CT molecular complexity index is 1020. The van der Waals surface area contributed by atoms with Crippen molar-refractivity contribution in [3.8, 4) is 0 Å². The van der Waals surface area contributed by atoms with Crippen LogP contribution in [-0.2, 0) is 6.42 Å². The van der Waals surface area contributed by atoms with E-state index in [0.717, 1.165) is 16.6 Å². The molecular formula is C22H18FN3O. The van der Waals surface area contributed by atoms with Gasteiger partial charge in [-0.3, -0.25) is 4.79 Å². The monoisotopic (exact) mass is 359 g/mol. The summed E-state index contributed by atoms with van der Waals surface area (Å²) in [7, 11) is 0. The lowest BCUT2D eigenvalue weighted by Crippen LogP contribution is -2.30. The maximum Gasteiger partial charge on any atom is 0.251 e. The minimum Gasteiger partial charge on any atom is -0.342 e. The first-order valence-electron chi connectivity index (χ1n) is 8.74. The molecule has 4 nitrogen and oxygen atoms in total. The molecule has 134 valence electrons. The first kappa shape index (κ1) is 17.0. The molecular weight excluding hydrogens is 341 g/mol. The largest absolute Gasteiger partial charge is 0.342 e. The second kappa shape index (κ2) is 7.41. The van der Waals surface area contributed by atoms with Crippen molar-refractivity contribution in [2.75, 3.05) is 0 Å². The van der Waals surface area contributed by atoms with Gasteiger partial charge < -0.3 is 10.3 Å². The van der Waals surface area contributed by atoms with E-state index in [2.05, 4.69) is 15.3 Å². The molecule has 0 spiro atoms. The predicted molar refractivity (Wildman–Crippen MR) is 103 cm³/mol. The molecule has 1 heterocycles. The van der Waals surface area contributed by atoms with E-state index in [-0.39, 0.29) is 17.8 Å². The SMILES string of the molecule is O=C(NC(Cc1ccccc1)c1nc2ccccc2[nH]1)c1ccc(F)cc1. The number of para-hydroxylation sites is 2. The predicted octanol–water partition coefficient (Wildman–Crippen LogP) is 4.42. The van der Waals surface area contributed by atoms with E-state index in [9.17, 15) is 9.18 Å². The fourth-order valence-electron chi connectivity index (χ4n) is 3.05. The molecule has 2 N–H and O–H groups in total. The summed E-state index contributed by atoms with van der Waals surface area (Å²) in [5.41, 5.74) is 3.26. The van der Waals surface area contributed by atoms with Gasteiger partial charge in [-0.2, -0.15) is 0 Å². The van der Waals surface area contributed by atoms with Crippen LogP contribution in [0.3, 0.4) is 0 Å². The van der Waals surface area contributed by atoms with Crippen LogP contribution in [0.15, 0.2) is 78.9 Å². The third kappa shape index (κ3) is 3.87. The van der Waals surface area contributed by atoms with Crippen LogP contribution >= 0.6 is 0 Å². The number of halogens is 1. The molecule has 4 aromatic rings. The number of aromatic amines is 1. The second-order valence-corrected chi connectivity index (χ2v) is 6.36. The van der Waals surface area contributed by atoms with Crippen LogP contribution in [0.4, 0.5) is 4.39 Å². The number of nitrogens with zero attached hydrogens (tertiary/aromatic N) is 1. The zero-order valence-corrected chi connectivity index (χ0v) is 14.5. The Hall–Kier alpha value is -3.47. The molecule has 1 unspecified atom stereocenters. The van der Waals surface area contributed by atoms with E-state index in [0.29, 0.717) is 17.8 Å². The van der Waals surface area contributed by atoms with Gasteiger partial charge in [0.15, 0.2) is 0 Å². The number of H-pyrrole nitrogens is 1. The number of carbonyl (C=O) groups excluding carboxylic acids is 1. The lowest BCUT2D eigenvalue weighted by molar-refractivity contribution is 0.0935. The van der Waals surface area contributed by atoms with Crippen LogP contribution in [0.5, 0.6) is 0 Å². The van der Waals surface area contributed by atoms with E-state index in [4.69, 9.17) is 0 Å². The van der Waals surface area contributed by atoms with Crippen LogP contribution in [0.1, 0.15) is 27.8 Å². The van der Waals surface area contributed by atoms with E-state index in [1.54, 1.807) is 0 Å². The number of imidazole rings is 1. The number of fused-ring (bicyclic) bond motifs is 1. The van der Waals surface area contributed by atoms with Crippen molar-refractivity contribution in [2.24, 2.45) is 0 Å². The van der Waals surface area contributed by atoms with Gasteiger partial charge in [-0.25, -0.2) is 9.37 Å². The minimum atomic E-state index is -0.371. The molecule has 1 amide bonds. The molecule has 0 aliphatic rings. The topological polar surface area (TPSA) is 57.8 Å². The Morgan fingerprint density at radius 1 is 0.963 bits per heavy atom. The number of aromatic nitrogens is 2. The standard InChI is InChI=1S/C22H18FN3O/c23-17-12-10-16(11-13-17)22(27)26-20(14-15-6-2-1-3-7-15)21-24-18-8-4-5-9-19(18)25-21/h1-13,20H,14H2,(H,24,25)(H,26,27). The van der Waals surface area contributed by atoms with Crippen molar-refractivity contribution >= 4 is 16.9 Å². The first-order valence-corrected chi connectivity index (χ1v) is 8.74. The highest BCUT2D eigenvalue weighted by molar-refractivity contribution is 5.94. The third-order valence-corrected chi connectivity index (χ3v) is 4.43. The maximum absolute atomic E-state index is 13.1. The zero-order chi connectivity index (χ0) is 18.6. The molecule has 0 aliphatic carbocycles. The number of nitrogens with one attached hydrogen (secondary N) is 2. The number of hydrogen-bond donors (Lipinski definition) is 2. The average molecular weight is 359 g/mol. The molecule has 4 rings (SSSR count). The molecule has 0 fully saturated rings. The smallest absolute Gasteiger partial charge is 0.251 e. The van der Waals surface area contributed by atoms with Crippen molar-refractivity contribution in [3.05, 3.63) is 102 Å². The summed E-state index contributed by atoms with van der Waals surface area (Å²) in [6, 6.07) is 22.8. The van der Waals surface area contributed by atoms with Gasteiger partial charge in [-0.05, 0) is 48.4 Å². The number of hydrogen-bond acceptors (Lipinski definition) is 2. The molecule has 0 bridgehead atoms. The summed E-state index contributed by atoms with van der Waals surface area (Å²) >= 11 is 0. The van der Waals surface area contributed by atoms with Crippen LogP contribution in [0.2, 0.25) is 0 Å². The molecule has 5 heteroatoms. The second-order valence-electron chi connectivity index (χ2n) is 6.36. The van der Waals surface area contributed by atoms with Crippen molar-refractivity contribution in [2.45, 2.75) is 12.5 Å². The van der Waals surface area contributed by atoms with Gasteiger partial charge in [-0.15, -0.1) is 0 Å². The fraction of sp³-hybridized carbons (Fsp3) is 0.0909. The van der Waals surface area contributed by atoms with Gasteiger partial charge >= 0.3 is 0 Å². The fourth-order valence-corrected chi connectivity index (χ4v) is 3.05. The lowest BCUT2D eigenvalue weighted by Gasteiger charge is -2.17. The highest BCUT2D eigenvalue weighted by Gasteiger charge is 2.20. The Labute approximate surface area is 156 Å². The molecule has 0 aliphatic heterocycles.